The molecular weight excluding hydrogens is 438 g/mol. The second-order valence-electron chi connectivity index (χ2n) is 6.62. The Morgan fingerprint density at radius 2 is 1.81 bits per heavy atom. The molecule has 1 N–H and O–H groups in total. The Labute approximate surface area is 184 Å². The molecule has 11 heteroatoms. The number of aromatic nitrogens is 1. The van der Waals surface area contributed by atoms with Crippen molar-refractivity contribution in [2.45, 2.75) is 11.8 Å². The molecule has 1 amide bonds. The van der Waals surface area contributed by atoms with Gasteiger partial charge in [-0.1, -0.05) is 17.3 Å². The van der Waals surface area contributed by atoms with Gasteiger partial charge in [0, 0.05) is 13.1 Å². The average Bonchev–Trinajstić information content (AvgIpc) is 3.21. The summed E-state index contributed by atoms with van der Waals surface area (Å²) in [7, 11) is -1.05. The van der Waals surface area contributed by atoms with Gasteiger partial charge in [-0.25, -0.2) is 13.2 Å². The highest BCUT2D eigenvalue weighted by atomic mass is 32.2. The number of ether oxygens (including phenoxy) is 2. The van der Waals surface area contributed by atoms with Gasteiger partial charge in [-0.15, -0.1) is 0 Å². The molecule has 10 nitrogen and oxygen atoms in total. The summed E-state index contributed by atoms with van der Waals surface area (Å²) in [4.78, 5) is 24.0. The highest BCUT2D eigenvalue weighted by molar-refractivity contribution is 7.92. The van der Waals surface area contributed by atoms with Crippen LogP contribution in [0.1, 0.15) is 16.1 Å². The van der Waals surface area contributed by atoms with E-state index in [2.05, 4.69) is 10.5 Å². The minimum Gasteiger partial charge on any atom is -0.495 e. The van der Waals surface area contributed by atoms with Gasteiger partial charge >= 0.3 is 5.97 Å². The number of amides is 1. The zero-order valence-electron chi connectivity index (χ0n) is 17.6. The van der Waals surface area contributed by atoms with Gasteiger partial charge in [-0.05, 0) is 43.3 Å². The molecule has 3 rings (SSSR count). The van der Waals surface area contributed by atoms with Crippen molar-refractivity contribution >= 4 is 33.4 Å². The van der Waals surface area contributed by atoms with Gasteiger partial charge in [0.15, 0.2) is 12.4 Å². The Morgan fingerprint density at radius 1 is 1.12 bits per heavy atom. The number of sulfonamides is 1. The molecule has 0 bridgehead atoms. The molecule has 168 valence electrons. The maximum absolute atomic E-state index is 13.0. The average molecular weight is 459 g/mol. The third-order valence-electron chi connectivity index (χ3n) is 4.40. The minimum absolute atomic E-state index is 0.0263. The maximum Gasteiger partial charge on any atom is 0.338 e. The van der Waals surface area contributed by atoms with E-state index in [1.165, 1.54) is 44.5 Å². The summed E-state index contributed by atoms with van der Waals surface area (Å²) in [6.07, 6.45) is 0. The monoisotopic (exact) mass is 459 g/mol. The molecular formula is C21H21N3O7S. The molecule has 0 unspecified atom stereocenters. The molecule has 1 heterocycles. The number of aryl methyl sites for hydroxylation is 1. The highest BCUT2D eigenvalue weighted by Crippen LogP contribution is 2.30. The number of nitrogens with one attached hydrogen (secondary N) is 1. The molecule has 0 saturated carbocycles. The maximum atomic E-state index is 13.0. The summed E-state index contributed by atoms with van der Waals surface area (Å²) >= 11 is 0. The second kappa shape index (κ2) is 9.52. The molecule has 0 aliphatic carbocycles. The van der Waals surface area contributed by atoms with E-state index in [0.29, 0.717) is 17.2 Å². The van der Waals surface area contributed by atoms with Gasteiger partial charge in [0.2, 0.25) is 0 Å². The fourth-order valence-electron chi connectivity index (χ4n) is 2.76. The Morgan fingerprint density at radius 3 is 2.44 bits per heavy atom. The van der Waals surface area contributed by atoms with E-state index in [1.807, 2.05) is 0 Å². The fourth-order valence-corrected chi connectivity index (χ4v) is 3.97. The van der Waals surface area contributed by atoms with Crippen molar-refractivity contribution in [3.8, 4) is 5.75 Å². The Balaban J connectivity index is 1.65. The zero-order valence-corrected chi connectivity index (χ0v) is 18.4. The molecule has 0 radical (unpaired) electrons. The van der Waals surface area contributed by atoms with Crippen molar-refractivity contribution < 1.29 is 32.0 Å². The summed E-state index contributed by atoms with van der Waals surface area (Å²) in [5.74, 6) is -0.249. The summed E-state index contributed by atoms with van der Waals surface area (Å²) in [5.41, 5.74) is 0.459. The van der Waals surface area contributed by atoms with E-state index in [-0.39, 0.29) is 16.3 Å². The van der Waals surface area contributed by atoms with Gasteiger partial charge in [0.1, 0.15) is 11.5 Å². The normalized spacial score (nSPS) is 11.0. The first-order valence-corrected chi connectivity index (χ1v) is 10.8. The van der Waals surface area contributed by atoms with E-state index in [4.69, 9.17) is 14.0 Å². The second-order valence-corrected chi connectivity index (χ2v) is 8.59. The predicted octanol–water partition coefficient (Wildman–Crippen LogP) is 2.61. The molecule has 3 aromatic rings. The number of methoxy groups -OCH3 is 1. The number of hydrogen-bond donors (Lipinski definition) is 1. The van der Waals surface area contributed by atoms with E-state index in [1.54, 1.807) is 31.2 Å². The number of rotatable bonds is 8. The third-order valence-corrected chi connectivity index (χ3v) is 6.19. The largest absolute Gasteiger partial charge is 0.495 e. The fraction of sp³-hybridized carbons (Fsp3) is 0.190. The summed E-state index contributed by atoms with van der Waals surface area (Å²) in [6.45, 7) is 1.13. The predicted molar refractivity (Wildman–Crippen MR) is 115 cm³/mol. The molecule has 0 aliphatic heterocycles. The van der Waals surface area contributed by atoms with Crippen LogP contribution >= 0.6 is 0 Å². The van der Waals surface area contributed by atoms with Crippen LogP contribution in [0.15, 0.2) is 64.0 Å². The number of esters is 1. The molecule has 0 saturated heterocycles. The minimum atomic E-state index is -3.90. The van der Waals surface area contributed by atoms with Crippen molar-refractivity contribution in [2.75, 3.05) is 30.4 Å². The summed E-state index contributed by atoms with van der Waals surface area (Å²) in [5, 5.41) is 6.02. The van der Waals surface area contributed by atoms with Crippen molar-refractivity contribution in [3.05, 3.63) is 65.9 Å². The first-order valence-electron chi connectivity index (χ1n) is 9.34. The Kier molecular flexibility index (Phi) is 6.79. The lowest BCUT2D eigenvalue weighted by molar-refractivity contribution is -0.119. The zero-order chi connectivity index (χ0) is 23.3. The Hall–Kier alpha value is -3.86. The van der Waals surface area contributed by atoms with Crippen LogP contribution in [0.3, 0.4) is 0 Å². The topological polar surface area (TPSA) is 128 Å². The van der Waals surface area contributed by atoms with Crippen LogP contribution in [-0.2, 0) is 19.6 Å². The highest BCUT2D eigenvalue weighted by Gasteiger charge is 2.24. The summed E-state index contributed by atoms with van der Waals surface area (Å²) in [6, 6.07) is 13.4. The lowest BCUT2D eigenvalue weighted by Crippen LogP contribution is -2.27. The van der Waals surface area contributed by atoms with Crippen LogP contribution in [0.2, 0.25) is 0 Å². The van der Waals surface area contributed by atoms with E-state index in [0.717, 1.165) is 4.31 Å². The standard InChI is InChI=1S/C21H21N3O7S/c1-14-12-19(23-31-14)22-20(25)13-30-21(26)15-8-10-16(11-9-15)32(27,28)24(2)17-6-4-5-7-18(17)29-3/h4-12H,13H2,1-3H3,(H,22,23,25). The van der Waals surface area contributed by atoms with Gasteiger partial charge < -0.3 is 19.3 Å². The van der Waals surface area contributed by atoms with Crippen LogP contribution in [0.4, 0.5) is 11.5 Å². The first-order chi connectivity index (χ1) is 15.2. The molecule has 0 aliphatic rings. The number of para-hydroxylation sites is 2. The van der Waals surface area contributed by atoms with E-state index in [9.17, 15) is 18.0 Å². The molecule has 0 atom stereocenters. The Bertz CT molecular complexity index is 1220. The van der Waals surface area contributed by atoms with Crippen LogP contribution in [0, 0.1) is 6.92 Å². The lowest BCUT2D eigenvalue weighted by Gasteiger charge is -2.21. The van der Waals surface area contributed by atoms with E-state index >= 15 is 0 Å². The van der Waals surface area contributed by atoms with Crippen LogP contribution < -0.4 is 14.4 Å². The third kappa shape index (κ3) is 5.06. The smallest absolute Gasteiger partial charge is 0.338 e. The molecule has 1 aromatic heterocycles. The quantitative estimate of drug-likeness (QED) is 0.509. The van der Waals surface area contributed by atoms with Crippen LogP contribution in [0.5, 0.6) is 5.75 Å². The number of nitrogens with zero attached hydrogens (tertiary/aromatic N) is 2. The van der Waals surface area contributed by atoms with Crippen molar-refractivity contribution in [1.29, 1.82) is 0 Å². The number of benzene rings is 2. The van der Waals surface area contributed by atoms with E-state index < -0.39 is 28.5 Å². The van der Waals surface area contributed by atoms with Crippen LogP contribution in [-0.4, -0.2) is 46.2 Å². The van der Waals surface area contributed by atoms with Crippen LogP contribution in [0.25, 0.3) is 0 Å². The van der Waals surface area contributed by atoms with Gasteiger partial charge in [-0.3, -0.25) is 9.10 Å². The molecule has 32 heavy (non-hydrogen) atoms. The van der Waals surface area contributed by atoms with Crippen molar-refractivity contribution in [2.24, 2.45) is 0 Å². The van der Waals surface area contributed by atoms with Crippen molar-refractivity contribution in [3.63, 3.8) is 0 Å². The number of carbonyl (C=O) groups excluding carboxylic acids is 2. The first kappa shape index (κ1) is 22.8. The SMILES string of the molecule is COc1ccccc1N(C)S(=O)(=O)c1ccc(C(=O)OCC(=O)Nc2cc(C)on2)cc1. The van der Waals surface area contributed by atoms with Gasteiger partial charge in [-0.2, -0.15) is 0 Å². The number of carbonyl (C=O) groups is 2. The molecule has 0 spiro atoms. The molecule has 2 aromatic carbocycles. The lowest BCUT2D eigenvalue weighted by atomic mass is 10.2. The summed E-state index contributed by atoms with van der Waals surface area (Å²) < 4.78 is 42.0. The molecule has 0 fully saturated rings. The van der Waals surface area contributed by atoms with Gasteiger partial charge in [0.25, 0.3) is 15.9 Å². The van der Waals surface area contributed by atoms with Crippen molar-refractivity contribution in [1.82, 2.24) is 5.16 Å². The number of anilines is 2. The van der Waals surface area contributed by atoms with Gasteiger partial charge in [0.05, 0.1) is 23.3 Å². The number of hydrogen-bond acceptors (Lipinski definition) is 8.